The Hall–Kier alpha value is -2.68. The van der Waals surface area contributed by atoms with E-state index in [2.05, 4.69) is 5.32 Å². The van der Waals surface area contributed by atoms with Gasteiger partial charge in [0.1, 0.15) is 18.1 Å². The topological polar surface area (TPSA) is 88.1 Å². The molecule has 142 valence electrons. The number of nitrogens with one attached hydrogen (secondary N) is 1. The van der Waals surface area contributed by atoms with Crippen molar-refractivity contribution in [2.75, 3.05) is 38.7 Å². The number of esters is 1. The fourth-order valence-corrected chi connectivity index (χ4v) is 2.50. The number of aliphatic hydroxyl groups is 1. The molecule has 0 saturated carbocycles. The molecule has 9 heteroatoms. The highest BCUT2D eigenvalue weighted by molar-refractivity contribution is 6.08. The minimum absolute atomic E-state index is 0.0204. The van der Waals surface area contributed by atoms with Crippen LogP contribution in [0.4, 0.5) is 14.5 Å². The van der Waals surface area contributed by atoms with E-state index in [1.165, 1.54) is 18.1 Å². The monoisotopic (exact) mass is 370 g/mol. The van der Waals surface area contributed by atoms with Crippen LogP contribution in [0, 0.1) is 6.92 Å². The Labute approximate surface area is 149 Å². The first-order valence-electron chi connectivity index (χ1n) is 7.87. The molecule has 1 aliphatic heterocycles. The van der Waals surface area contributed by atoms with E-state index in [1.807, 2.05) is 0 Å². The van der Waals surface area contributed by atoms with Crippen LogP contribution in [0.3, 0.4) is 0 Å². The summed E-state index contributed by atoms with van der Waals surface area (Å²) in [5, 5.41) is 11.9. The van der Waals surface area contributed by atoms with Crippen LogP contribution in [0.25, 0.3) is 0 Å². The van der Waals surface area contributed by atoms with Gasteiger partial charge in [0.2, 0.25) is 0 Å². The Morgan fingerprint density at radius 2 is 2.15 bits per heavy atom. The zero-order valence-electron chi connectivity index (χ0n) is 14.4. The standard InChI is InChI=1S/C17H20F2N2O5/c1-10-3-4-13(26-9-14(18)19)12(7-10)20-15-11(17(24)25-2)8-21(5-6-22)16(15)23/h3-4,7,14,20,22H,5-6,8-9H2,1-2H3. The molecule has 2 rings (SSSR count). The van der Waals surface area contributed by atoms with E-state index in [1.54, 1.807) is 19.1 Å². The van der Waals surface area contributed by atoms with Crippen LogP contribution in [0.15, 0.2) is 29.5 Å². The fraction of sp³-hybridized carbons (Fsp3) is 0.412. The maximum absolute atomic E-state index is 12.5. The molecule has 0 radical (unpaired) electrons. The maximum Gasteiger partial charge on any atom is 0.337 e. The largest absolute Gasteiger partial charge is 0.485 e. The van der Waals surface area contributed by atoms with Crippen molar-refractivity contribution in [3.63, 3.8) is 0 Å². The lowest BCUT2D eigenvalue weighted by molar-refractivity contribution is -0.136. The van der Waals surface area contributed by atoms with Gasteiger partial charge >= 0.3 is 5.97 Å². The lowest BCUT2D eigenvalue weighted by Gasteiger charge is -2.16. The number of anilines is 1. The van der Waals surface area contributed by atoms with Gasteiger partial charge in [0.15, 0.2) is 0 Å². The van der Waals surface area contributed by atoms with Crippen molar-refractivity contribution in [3.05, 3.63) is 35.0 Å². The second-order valence-corrected chi connectivity index (χ2v) is 5.62. The number of carbonyl (C=O) groups is 2. The summed E-state index contributed by atoms with van der Waals surface area (Å²) in [6.45, 7) is 0.749. The van der Waals surface area contributed by atoms with Gasteiger partial charge in [-0.1, -0.05) is 6.07 Å². The summed E-state index contributed by atoms with van der Waals surface area (Å²) in [5.41, 5.74) is 1.14. The van der Waals surface area contributed by atoms with Crippen molar-refractivity contribution in [1.29, 1.82) is 0 Å². The van der Waals surface area contributed by atoms with Crippen LogP contribution >= 0.6 is 0 Å². The van der Waals surface area contributed by atoms with E-state index in [4.69, 9.17) is 14.6 Å². The van der Waals surface area contributed by atoms with Crippen molar-refractivity contribution >= 4 is 17.6 Å². The molecule has 1 aromatic carbocycles. The van der Waals surface area contributed by atoms with E-state index < -0.39 is 24.9 Å². The minimum Gasteiger partial charge on any atom is -0.485 e. The Balaban J connectivity index is 2.35. The molecule has 7 nitrogen and oxygen atoms in total. The van der Waals surface area contributed by atoms with E-state index in [0.717, 1.165) is 5.56 Å². The van der Waals surface area contributed by atoms with Crippen molar-refractivity contribution in [1.82, 2.24) is 4.90 Å². The number of carbonyl (C=O) groups excluding carboxylic acids is 2. The first kappa shape index (κ1) is 19.6. The van der Waals surface area contributed by atoms with E-state index in [9.17, 15) is 18.4 Å². The molecule has 0 unspecified atom stereocenters. The number of benzene rings is 1. The molecule has 1 aromatic rings. The van der Waals surface area contributed by atoms with Crippen LogP contribution in [0.5, 0.6) is 5.75 Å². The minimum atomic E-state index is -2.65. The zero-order valence-corrected chi connectivity index (χ0v) is 14.4. The Kier molecular flexibility index (Phi) is 6.51. The van der Waals surface area contributed by atoms with Crippen LogP contribution < -0.4 is 10.1 Å². The Bertz CT molecular complexity index is 721. The summed E-state index contributed by atoms with van der Waals surface area (Å²) in [4.78, 5) is 25.8. The van der Waals surface area contributed by atoms with Gasteiger partial charge in [0.25, 0.3) is 12.3 Å². The van der Waals surface area contributed by atoms with Crippen molar-refractivity contribution in [2.24, 2.45) is 0 Å². The Morgan fingerprint density at radius 3 is 2.77 bits per heavy atom. The fourth-order valence-electron chi connectivity index (χ4n) is 2.50. The summed E-state index contributed by atoms with van der Waals surface area (Å²) >= 11 is 0. The molecular formula is C17H20F2N2O5. The van der Waals surface area contributed by atoms with E-state index in [-0.39, 0.29) is 42.4 Å². The zero-order chi connectivity index (χ0) is 19.3. The van der Waals surface area contributed by atoms with Crippen molar-refractivity contribution in [3.8, 4) is 5.75 Å². The van der Waals surface area contributed by atoms with Crippen LogP contribution in [0.1, 0.15) is 5.56 Å². The molecule has 1 amide bonds. The Morgan fingerprint density at radius 1 is 1.42 bits per heavy atom. The molecule has 2 N–H and O–H groups in total. The summed E-state index contributed by atoms with van der Waals surface area (Å²) < 4.78 is 34.7. The third-order valence-electron chi connectivity index (χ3n) is 3.71. The van der Waals surface area contributed by atoms with Crippen molar-refractivity contribution < 1.29 is 33.0 Å². The van der Waals surface area contributed by atoms with Gasteiger partial charge in [-0.25, -0.2) is 13.6 Å². The predicted octanol–water partition coefficient (Wildman–Crippen LogP) is 1.31. The van der Waals surface area contributed by atoms with Gasteiger partial charge in [0, 0.05) is 6.54 Å². The molecule has 0 atom stereocenters. The number of alkyl halides is 2. The number of β-amino-alcohol motifs (C(OH)–C–C–N with tert-alkyl or cyclic N) is 1. The van der Waals surface area contributed by atoms with Gasteiger partial charge in [-0.3, -0.25) is 4.79 Å². The average molecular weight is 370 g/mol. The van der Waals surface area contributed by atoms with Gasteiger partial charge in [0.05, 0.1) is 31.5 Å². The summed E-state index contributed by atoms with van der Waals surface area (Å²) in [6, 6.07) is 4.80. The second kappa shape index (κ2) is 8.61. The number of hydrogen-bond donors (Lipinski definition) is 2. The SMILES string of the molecule is COC(=O)C1=C(Nc2cc(C)ccc2OCC(F)F)C(=O)N(CCO)C1. The van der Waals surface area contributed by atoms with Crippen molar-refractivity contribution in [2.45, 2.75) is 13.3 Å². The normalized spacial score (nSPS) is 14.2. The first-order valence-corrected chi connectivity index (χ1v) is 7.87. The maximum atomic E-state index is 12.5. The number of nitrogens with zero attached hydrogens (tertiary/aromatic N) is 1. The third kappa shape index (κ3) is 4.48. The second-order valence-electron chi connectivity index (χ2n) is 5.62. The molecule has 0 aliphatic carbocycles. The lowest BCUT2D eigenvalue weighted by atomic mass is 10.2. The smallest absolute Gasteiger partial charge is 0.337 e. The molecule has 26 heavy (non-hydrogen) atoms. The summed E-state index contributed by atoms with van der Waals surface area (Å²) in [6.07, 6.45) is -2.65. The molecule has 0 fully saturated rings. The number of aliphatic hydroxyl groups excluding tert-OH is 1. The van der Waals surface area contributed by atoms with Gasteiger partial charge in [-0.2, -0.15) is 0 Å². The first-order chi connectivity index (χ1) is 12.4. The number of rotatable bonds is 8. The molecule has 0 saturated heterocycles. The molecule has 1 aliphatic rings. The molecule has 0 spiro atoms. The molecule has 0 aromatic heterocycles. The summed E-state index contributed by atoms with van der Waals surface area (Å²) in [7, 11) is 1.19. The number of methoxy groups -OCH3 is 1. The number of halogens is 2. The number of hydrogen-bond acceptors (Lipinski definition) is 6. The third-order valence-corrected chi connectivity index (χ3v) is 3.71. The quantitative estimate of drug-likeness (QED) is 0.671. The van der Waals surface area contributed by atoms with Gasteiger partial charge in [-0.05, 0) is 24.6 Å². The van der Waals surface area contributed by atoms with Crippen LogP contribution in [0.2, 0.25) is 0 Å². The number of amides is 1. The van der Waals surface area contributed by atoms with Crippen LogP contribution in [-0.4, -0.2) is 61.7 Å². The molecular weight excluding hydrogens is 350 g/mol. The van der Waals surface area contributed by atoms with Gasteiger partial charge < -0.3 is 24.8 Å². The van der Waals surface area contributed by atoms with Gasteiger partial charge in [-0.15, -0.1) is 0 Å². The number of ether oxygens (including phenoxy) is 2. The van der Waals surface area contributed by atoms with E-state index >= 15 is 0 Å². The van der Waals surface area contributed by atoms with Crippen LogP contribution in [-0.2, 0) is 14.3 Å². The molecule has 0 bridgehead atoms. The van der Waals surface area contributed by atoms with E-state index in [0.29, 0.717) is 0 Å². The highest BCUT2D eigenvalue weighted by Gasteiger charge is 2.34. The number of aryl methyl sites for hydroxylation is 1. The predicted molar refractivity (Wildman–Crippen MR) is 89.0 cm³/mol. The summed E-state index contributed by atoms with van der Waals surface area (Å²) in [5.74, 6) is -1.06. The lowest BCUT2D eigenvalue weighted by Crippen LogP contribution is -2.31. The highest BCUT2D eigenvalue weighted by atomic mass is 19.3. The molecule has 1 heterocycles. The highest BCUT2D eigenvalue weighted by Crippen LogP contribution is 2.30. The average Bonchev–Trinajstić information content (AvgIpc) is 2.90.